The number of carbonyl (C=O) groups excluding carboxylic acids is 3. The van der Waals surface area contributed by atoms with Gasteiger partial charge >= 0.3 is 11.0 Å². The molecule has 2 N–H and O–H groups in total. The lowest BCUT2D eigenvalue weighted by atomic mass is 9.68. The van der Waals surface area contributed by atoms with Crippen molar-refractivity contribution in [3.63, 3.8) is 0 Å². The number of thioether (sulfide) groups is 1. The lowest BCUT2D eigenvalue weighted by molar-refractivity contribution is -0.137. The molecule has 10 nitrogen and oxygen atoms in total. The molecule has 7 atom stereocenters. The summed E-state index contributed by atoms with van der Waals surface area (Å²) in [5.74, 6) is -2.90. The van der Waals surface area contributed by atoms with Gasteiger partial charge in [-0.2, -0.15) is 13.2 Å². The predicted octanol–water partition coefficient (Wildman–Crippen LogP) is 6.56. The molecule has 2 saturated carbocycles. The summed E-state index contributed by atoms with van der Waals surface area (Å²) in [6.45, 7) is 1.82. The van der Waals surface area contributed by atoms with Gasteiger partial charge in [0.15, 0.2) is 18.1 Å². The van der Waals surface area contributed by atoms with E-state index in [-0.39, 0.29) is 46.3 Å². The monoisotopic (exact) mass is 751 g/mol. The number of fused-ring (bicyclic) bond motifs is 9. The number of halogens is 3. The van der Waals surface area contributed by atoms with Gasteiger partial charge in [-0.15, -0.1) is 11.8 Å². The number of carbonyl (C=O) groups is 3. The maximum Gasteiger partial charge on any atom is 0.418 e. The van der Waals surface area contributed by atoms with Crippen LogP contribution in [0.5, 0.6) is 17.2 Å². The maximum atomic E-state index is 14.1. The van der Waals surface area contributed by atoms with Crippen LogP contribution in [-0.2, 0) is 20.6 Å². The van der Waals surface area contributed by atoms with E-state index in [1.54, 1.807) is 37.4 Å². The number of imide groups is 1. The Balaban J connectivity index is 1.10. The van der Waals surface area contributed by atoms with Crippen LogP contribution in [0.4, 0.5) is 24.5 Å². The number of ether oxygens (including phenoxy) is 3. The predicted molar refractivity (Wildman–Crippen MR) is 187 cm³/mol. The first-order valence-corrected chi connectivity index (χ1v) is 18.4. The van der Waals surface area contributed by atoms with Gasteiger partial charge < -0.3 is 24.5 Å². The molecule has 270 valence electrons. The van der Waals surface area contributed by atoms with E-state index in [1.165, 1.54) is 30.0 Å². The molecule has 15 heteroatoms. The van der Waals surface area contributed by atoms with Crippen molar-refractivity contribution in [2.75, 3.05) is 30.5 Å². The number of nitrogens with one attached hydrogen (secondary N) is 2. The Morgan fingerprint density at radius 1 is 0.962 bits per heavy atom. The third kappa shape index (κ3) is 5.65. The smallest absolute Gasteiger partial charge is 0.418 e. The van der Waals surface area contributed by atoms with Crippen molar-refractivity contribution in [3.05, 3.63) is 92.4 Å². The van der Waals surface area contributed by atoms with E-state index in [0.717, 1.165) is 32.7 Å². The molecule has 4 aliphatic rings. The molecule has 3 heterocycles. The molecule has 3 aromatic carbocycles. The summed E-state index contributed by atoms with van der Waals surface area (Å²) in [5.41, 5.74) is -0.101. The molecule has 52 heavy (non-hydrogen) atoms. The normalized spacial score (nSPS) is 25.8. The first kappa shape index (κ1) is 34.3. The third-order valence-electron chi connectivity index (χ3n) is 10.5. The number of amides is 3. The quantitative estimate of drug-likeness (QED) is 0.184. The van der Waals surface area contributed by atoms with E-state index >= 15 is 0 Å². The van der Waals surface area contributed by atoms with Gasteiger partial charge in [0, 0.05) is 21.7 Å². The number of para-hydroxylation sites is 1. The van der Waals surface area contributed by atoms with Crippen molar-refractivity contribution < 1.29 is 41.8 Å². The Morgan fingerprint density at radius 3 is 2.40 bits per heavy atom. The van der Waals surface area contributed by atoms with E-state index < -0.39 is 41.1 Å². The Kier molecular flexibility index (Phi) is 8.60. The van der Waals surface area contributed by atoms with E-state index in [9.17, 15) is 32.3 Å². The van der Waals surface area contributed by atoms with Crippen LogP contribution in [0.3, 0.4) is 0 Å². The van der Waals surface area contributed by atoms with Crippen LogP contribution < -0.4 is 29.3 Å². The fraction of sp³-hybridized carbons (Fsp3) is 0.351. The standard InChI is InChI=1S/C37H32F3N3O7S2/c1-3-49-25-14-17(8-13-24(25)50-16-26(44)41-18-9-11-19(48-2)12-10-18)27-28-20-15-21(31(28)51-33-32(27)52-36(47)42-33)30-29(20)34(45)43(35(30)46)23-7-5-4-6-22(23)37(38,39)40/h4-14,20-21,27-31H,3,15-16H2,1-2H3,(H,41,44)(H,42,47)/t20-,21-,27-,28?,29?,30?,31?/m1/s1. The molecule has 3 amide bonds. The lowest BCUT2D eigenvalue weighted by Crippen LogP contribution is -2.42. The summed E-state index contributed by atoms with van der Waals surface area (Å²) >= 11 is 2.57. The minimum atomic E-state index is -4.75. The molecular weight excluding hydrogens is 720 g/mol. The van der Waals surface area contributed by atoms with Gasteiger partial charge in [-0.3, -0.25) is 19.2 Å². The Labute approximate surface area is 303 Å². The highest BCUT2D eigenvalue weighted by molar-refractivity contribution is 8.00. The SMILES string of the molecule is CCOc1cc([C@H]2c3sc(=O)[nH]c3SC3C2[C@H]2C[C@@H]3C3C(=O)N(c4ccccc4C(F)(F)F)C(=O)C32)ccc1OCC(=O)Nc1ccc(OC)cc1. The summed E-state index contributed by atoms with van der Waals surface area (Å²) in [6.07, 6.45) is -4.18. The number of nitrogens with zero attached hydrogens (tertiary/aromatic N) is 1. The van der Waals surface area contributed by atoms with E-state index in [1.807, 2.05) is 19.1 Å². The zero-order valence-electron chi connectivity index (χ0n) is 27.8. The number of methoxy groups -OCH3 is 1. The highest BCUT2D eigenvalue weighted by atomic mass is 32.2. The van der Waals surface area contributed by atoms with Crippen LogP contribution in [0.2, 0.25) is 0 Å². The molecular formula is C37H32F3N3O7S2. The van der Waals surface area contributed by atoms with Gasteiger partial charge in [-0.25, -0.2) is 4.90 Å². The number of alkyl halides is 3. The van der Waals surface area contributed by atoms with Crippen LogP contribution in [0.25, 0.3) is 0 Å². The van der Waals surface area contributed by atoms with Gasteiger partial charge in [-0.1, -0.05) is 29.5 Å². The van der Waals surface area contributed by atoms with Crippen LogP contribution in [0.1, 0.15) is 35.3 Å². The molecule has 3 fully saturated rings. The Morgan fingerprint density at radius 2 is 1.69 bits per heavy atom. The molecule has 0 radical (unpaired) electrons. The number of thiazole rings is 1. The topological polar surface area (TPSA) is 127 Å². The van der Waals surface area contributed by atoms with E-state index in [2.05, 4.69) is 10.3 Å². The fourth-order valence-corrected chi connectivity index (χ4v) is 11.5. The van der Waals surface area contributed by atoms with Gasteiger partial charge in [-0.05, 0) is 85.2 Å². The van der Waals surface area contributed by atoms with Gasteiger partial charge in [0.1, 0.15) is 5.75 Å². The first-order valence-electron chi connectivity index (χ1n) is 16.8. The second-order valence-electron chi connectivity index (χ2n) is 13.2. The number of aromatic nitrogens is 1. The minimum Gasteiger partial charge on any atom is -0.497 e. The van der Waals surface area contributed by atoms with E-state index in [4.69, 9.17) is 14.2 Å². The molecule has 0 spiro atoms. The number of rotatable bonds is 9. The van der Waals surface area contributed by atoms with Crippen LogP contribution in [-0.4, -0.2) is 48.3 Å². The summed E-state index contributed by atoms with van der Waals surface area (Å²) in [4.78, 5) is 57.8. The molecule has 4 aromatic rings. The number of hydrogen-bond donors (Lipinski definition) is 2. The number of H-pyrrole nitrogens is 1. The molecule has 1 aromatic heterocycles. The second kappa shape index (κ2) is 13.0. The second-order valence-corrected chi connectivity index (χ2v) is 15.4. The van der Waals surface area contributed by atoms with Crippen molar-refractivity contribution in [2.45, 2.75) is 35.7 Å². The van der Waals surface area contributed by atoms with Crippen molar-refractivity contribution in [2.24, 2.45) is 29.6 Å². The zero-order chi connectivity index (χ0) is 36.5. The zero-order valence-corrected chi connectivity index (χ0v) is 29.4. The number of anilines is 2. The van der Waals surface area contributed by atoms with Gasteiger partial charge in [0.25, 0.3) is 5.91 Å². The molecule has 4 unspecified atom stereocenters. The van der Waals surface area contributed by atoms with Crippen molar-refractivity contribution in [1.29, 1.82) is 0 Å². The molecule has 1 saturated heterocycles. The van der Waals surface area contributed by atoms with E-state index in [0.29, 0.717) is 41.0 Å². The highest BCUT2D eigenvalue weighted by Crippen LogP contribution is 2.69. The first-order chi connectivity index (χ1) is 25.0. The maximum absolute atomic E-state index is 14.1. The highest BCUT2D eigenvalue weighted by Gasteiger charge is 2.70. The number of benzene rings is 3. The van der Waals surface area contributed by atoms with Crippen molar-refractivity contribution in [1.82, 2.24) is 4.98 Å². The average Bonchev–Trinajstić information content (AvgIpc) is 3.86. The minimum absolute atomic E-state index is 0.170. The summed E-state index contributed by atoms with van der Waals surface area (Å²) < 4.78 is 59.1. The Bertz CT molecular complexity index is 2140. The summed E-state index contributed by atoms with van der Waals surface area (Å²) in [6, 6.07) is 16.9. The third-order valence-corrected chi connectivity index (χ3v) is 13.1. The van der Waals surface area contributed by atoms with Crippen LogP contribution >= 0.6 is 23.1 Å². The fourth-order valence-electron chi connectivity index (χ4n) is 8.66. The van der Waals surface area contributed by atoms with Crippen LogP contribution in [0, 0.1) is 29.6 Å². The van der Waals surface area contributed by atoms with Gasteiger partial charge in [0.05, 0.1) is 41.8 Å². The molecule has 2 aliphatic heterocycles. The van der Waals surface area contributed by atoms with Crippen molar-refractivity contribution >= 4 is 52.2 Å². The molecule has 2 aliphatic carbocycles. The molecule has 8 rings (SSSR count). The van der Waals surface area contributed by atoms with Crippen molar-refractivity contribution in [3.8, 4) is 17.2 Å². The molecule has 2 bridgehead atoms. The largest absolute Gasteiger partial charge is 0.497 e. The Hall–Kier alpha value is -4.76. The number of aromatic amines is 1. The summed E-state index contributed by atoms with van der Waals surface area (Å²) in [7, 11) is 1.55. The number of hydrogen-bond acceptors (Lipinski definition) is 9. The average molecular weight is 752 g/mol. The van der Waals surface area contributed by atoms with Crippen LogP contribution in [0.15, 0.2) is 76.6 Å². The lowest BCUT2D eigenvalue weighted by Gasteiger charge is -2.43. The summed E-state index contributed by atoms with van der Waals surface area (Å²) in [5, 5.41) is 3.30. The van der Waals surface area contributed by atoms with Gasteiger partial charge in [0.2, 0.25) is 11.8 Å².